The molecule has 250 valence electrons. The van der Waals surface area contributed by atoms with Gasteiger partial charge in [0.15, 0.2) is 0 Å². The summed E-state index contributed by atoms with van der Waals surface area (Å²) in [6.45, 7) is 6.33. The predicted octanol–water partition coefficient (Wildman–Crippen LogP) is 1.69. The molecule has 0 radical (unpaired) electrons. The summed E-state index contributed by atoms with van der Waals surface area (Å²) in [6.07, 6.45) is 2.80. The summed E-state index contributed by atoms with van der Waals surface area (Å²) in [5, 5.41) is 17.1. The number of hydrogen-bond donors (Lipinski definition) is 4. The van der Waals surface area contributed by atoms with Crippen LogP contribution in [0.4, 0.5) is 15.3 Å². The molecule has 0 aromatic heterocycles. The molecule has 0 saturated carbocycles. The van der Waals surface area contributed by atoms with E-state index in [1.54, 1.807) is 38.1 Å². The smallest absolute Gasteiger partial charge is 0.410 e. The van der Waals surface area contributed by atoms with E-state index in [-0.39, 0.29) is 62.8 Å². The Kier molecular flexibility index (Phi) is 13.1. The molecule has 0 spiro atoms. The highest BCUT2D eigenvalue weighted by Gasteiger charge is 2.28. The van der Waals surface area contributed by atoms with Crippen molar-refractivity contribution in [1.82, 2.24) is 25.3 Å². The molecular weight excluding hydrogens is 600 g/mol. The van der Waals surface area contributed by atoms with Crippen LogP contribution in [0.3, 0.4) is 0 Å². The largest absolute Gasteiger partial charge is 0.465 e. The summed E-state index contributed by atoms with van der Waals surface area (Å²) in [4.78, 5) is 88.6. The summed E-state index contributed by atoms with van der Waals surface area (Å²) < 4.78 is 5.32. The van der Waals surface area contributed by atoms with E-state index >= 15 is 0 Å². The number of ether oxygens (including phenoxy) is 1. The van der Waals surface area contributed by atoms with Gasteiger partial charge < -0.3 is 35.6 Å². The van der Waals surface area contributed by atoms with Crippen LogP contribution < -0.4 is 16.0 Å². The van der Waals surface area contributed by atoms with Crippen LogP contribution in [0.15, 0.2) is 36.4 Å². The fourth-order valence-electron chi connectivity index (χ4n) is 4.78. The van der Waals surface area contributed by atoms with E-state index in [4.69, 9.17) is 9.84 Å². The lowest BCUT2D eigenvalue weighted by molar-refractivity contribution is -0.137. The van der Waals surface area contributed by atoms with E-state index < -0.39 is 36.1 Å². The highest BCUT2D eigenvalue weighted by Crippen LogP contribution is 2.13. The number of unbranched alkanes of at least 4 members (excludes halogenated alkanes) is 2. The molecule has 2 aliphatic heterocycles. The third kappa shape index (κ3) is 10.6. The number of carbonyl (C=O) groups is 7. The molecule has 2 heterocycles. The first kappa shape index (κ1) is 35.5. The molecule has 4 N–H and O–H groups in total. The van der Waals surface area contributed by atoms with Gasteiger partial charge in [-0.2, -0.15) is 0 Å². The van der Waals surface area contributed by atoms with Crippen LogP contribution in [0, 0.1) is 5.92 Å². The van der Waals surface area contributed by atoms with E-state index in [1.165, 1.54) is 28.9 Å². The number of carboxylic acid groups (broad SMARTS) is 1. The number of nitrogens with zero attached hydrogens (tertiary/aromatic N) is 3. The summed E-state index contributed by atoms with van der Waals surface area (Å²) in [5.74, 6) is -2.18. The Balaban J connectivity index is 1.37. The number of benzene rings is 1. The molecule has 0 unspecified atom stereocenters. The zero-order valence-corrected chi connectivity index (χ0v) is 26.3. The van der Waals surface area contributed by atoms with Crippen LogP contribution >= 0.6 is 0 Å². The quantitative estimate of drug-likeness (QED) is 0.173. The van der Waals surface area contributed by atoms with Gasteiger partial charge in [0, 0.05) is 57.0 Å². The van der Waals surface area contributed by atoms with Crippen LogP contribution in [0.5, 0.6) is 0 Å². The van der Waals surface area contributed by atoms with Gasteiger partial charge in [0.05, 0.1) is 0 Å². The number of imide groups is 1. The van der Waals surface area contributed by atoms with Crippen LogP contribution in [0.2, 0.25) is 0 Å². The molecule has 1 aromatic rings. The number of nitrogens with one attached hydrogen (secondary N) is 3. The van der Waals surface area contributed by atoms with Crippen molar-refractivity contribution in [2.45, 2.75) is 65.1 Å². The standard InChI is InChI=1S/C31H42N6O9/c1-20(2)27(34-24(38)7-5-4-6-14-37-25(39)12-13-26(37)40)29(42)32-21(3)28(41)33-23-10-8-22(9-11-23)19-46-31(45)36-17-15-35(16-18-36)30(43)44/h8-13,20-21,27H,4-7,14-19H2,1-3H3,(H,32,42)(H,33,41)(H,34,38)(H,43,44)/t21-,27-/m0/s1. The zero-order valence-electron chi connectivity index (χ0n) is 26.3. The maximum Gasteiger partial charge on any atom is 0.410 e. The molecule has 0 aliphatic carbocycles. The van der Waals surface area contributed by atoms with Crippen molar-refractivity contribution < 1.29 is 43.4 Å². The number of piperazine rings is 1. The van der Waals surface area contributed by atoms with E-state index in [0.717, 1.165) is 4.90 Å². The van der Waals surface area contributed by atoms with Gasteiger partial charge in [-0.05, 0) is 43.4 Å². The van der Waals surface area contributed by atoms with Crippen molar-refractivity contribution in [3.63, 3.8) is 0 Å². The molecule has 2 atom stereocenters. The lowest BCUT2D eigenvalue weighted by Gasteiger charge is -2.32. The van der Waals surface area contributed by atoms with Gasteiger partial charge in [0.25, 0.3) is 11.8 Å². The summed E-state index contributed by atoms with van der Waals surface area (Å²) in [6, 6.07) is 4.88. The van der Waals surface area contributed by atoms with Crippen LogP contribution in [0.1, 0.15) is 52.0 Å². The molecule has 1 aromatic carbocycles. The second-order valence-electron chi connectivity index (χ2n) is 11.5. The third-order valence-corrected chi connectivity index (χ3v) is 7.60. The van der Waals surface area contributed by atoms with Crippen molar-refractivity contribution in [3.8, 4) is 0 Å². The highest BCUT2D eigenvalue weighted by molar-refractivity contribution is 6.12. The molecule has 0 bridgehead atoms. The molecule has 46 heavy (non-hydrogen) atoms. The van der Waals surface area contributed by atoms with E-state index in [9.17, 15) is 33.6 Å². The van der Waals surface area contributed by atoms with Crippen molar-refractivity contribution >= 4 is 47.4 Å². The molecule has 15 heteroatoms. The van der Waals surface area contributed by atoms with Crippen LogP contribution in [-0.4, -0.2) is 106 Å². The molecule has 1 saturated heterocycles. The SMILES string of the molecule is CC(C)[C@H](NC(=O)CCCCCN1C(=O)C=CC1=O)C(=O)N[C@@H](C)C(=O)Nc1ccc(COC(=O)N2CCN(C(=O)O)CC2)cc1. The van der Waals surface area contributed by atoms with Crippen LogP contribution in [0.25, 0.3) is 0 Å². The Morgan fingerprint density at radius 2 is 1.43 bits per heavy atom. The summed E-state index contributed by atoms with van der Waals surface area (Å²) in [5.41, 5.74) is 1.15. The topological polar surface area (TPSA) is 195 Å². The summed E-state index contributed by atoms with van der Waals surface area (Å²) >= 11 is 0. The molecule has 3 rings (SSSR count). The van der Waals surface area contributed by atoms with E-state index in [0.29, 0.717) is 37.1 Å². The molecule has 15 nitrogen and oxygen atoms in total. The molecule has 1 fully saturated rings. The maximum absolute atomic E-state index is 12.9. The monoisotopic (exact) mass is 642 g/mol. The molecular formula is C31H42N6O9. The number of hydrogen-bond acceptors (Lipinski definition) is 8. The Labute approximate surface area is 267 Å². The third-order valence-electron chi connectivity index (χ3n) is 7.60. The van der Waals surface area contributed by atoms with Crippen molar-refractivity contribution in [2.75, 3.05) is 38.0 Å². The second kappa shape index (κ2) is 16.9. The average Bonchev–Trinajstić information content (AvgIpc) is 3.35. The molecule has 7 amide bonds. The van der Waals surface area contributed by atoms with Crippen molar-refractivity contribution in [3.05, 3.63) is 42.0 Å². The van der Waals surface area contributed by atoms with Gasteiger partial charge >= 0.3 is 12.2 Å². The molecule has 2 aliphatic rings. The fourth-order valence-corrected chi connectivity index (χ4v) is 4.78. The number of anilines is 1. The first-order chi connectivity index (χ1) is 21.8. The Morgan fingerprint density at radius 1 is 0.826 bits per heavy atom. The van der Waals surface area contributed by atoms with Gasteiger partial charge in [0.1, 0.15) is 18.7 Å². The average molecular weight is 643 g/mol. The van der Waals surface area contributed by atoms with E-state index in [2.05, 4.69) is 16.0 Å². The summed E-state index contributed by atoms with van der Waals surface area (Å²) in [7, 11) is 0. The zero-order chi connectivity index (χ0) is 33.8. The first-order valence-corrected chi connectivity index (χ1v) is 15.3. The Hall–Kier alpha value is -4.95. The van der Waals surface area contributed by atoms with Crippen molar-refractivity contribution in [1.29, 1.82) is 0 Å². The normalized spacial score (nSPS) is 15.9. The van der Waals surface area contributed by atoms with Gasteiger partial charge in [-0.25, -0.2) is 9.59 Å². The highest BCUT2D eigenvalue weighted by atomic mass is 16.6. The maximum atomic E-state index is 12.9. The van der Waals surface area contributed by atoms with Crippen molar-refractivity contribution in [2.24, 2.45) is 5.92 Å². The minimum Gasteiger partial charge on any atom is -0.465 e. The predicted molar refractivity (Wildman–Crippen MR) is 165 cm³/mol. The Bertz CT molecular complexity index is 1300. The number of rotatable bonds is 14. The minimum atomic E-state index is -1.02. The fraction of sp³-hybridized carbons (Fsp3) is 0.516. The number of carbonyl (C=O) groups excluding carboxylic acids is 6. The lowest BCUT2D eigenvalue weighted by atomic mass is 10.0. The first-order valence-electron chi connectivity index (χ1n) is 15.3. The van der Waals surface area contributed by atoms with Gasteiger partial charge in [-0.3, -0.25) is 28.9 Å². The lowest BCUT2D eigenvalue weighted by Crippen LogP contribution is -2.53. The number of amides is 7. The van der Waals surface area contributed by atoms with Gasteiger partial charge in [0.2, 0.25) is 17.7 Å². The van der Waals surface area contributed by atoms with Gasteiger partial charge in [-0.1, -0.05) is 32.4 Å². The van der Waals surface area contributed by atoms with Crippen LogP contribution in [-0.2, 0) is 35.3 Å². The second-order valence-corrected chi connectivity index (χ2v) is 11.5. The van der Waals surface area contributed by atoms with Gasteiger partial charge in [-0.15, -0.1) is 0 Å². The minimum absolute atomic E-state index is 0.000684. The Morgan fingerprint density at radius 3 is 2.02 bits per heavy atom. The van der Waals surface area contributed by atoms with E-state index in [1.807, 2.05) is 0 Å².